The smallest absolute Gasteiger partial charge is 0.137 e. The Kier molecular flexibility index (Phi) is 4.76. The molecule has 0 amide bonds. The molecule has 1 aliphatic heterocycles. The van der Waals surface area contributed by atoms with Crippen molar-refractivity contribution in [2.24, 2.45) is 0 Å². The average Bonchev–Trinajstić information content (AvgIpc) is 2.90. The molecule has 2 aliphatic rings. The number of aromatic nitrogens is 1. The van der Waals surface area contributed by atoms with Gasteiger partial charge in [-0.2, -0.15) is 0 Å². The van der Waals surface area contributed by atoms with Crippen LogP contribution >= 0.6 is 0 Å². The Morgan fingerprint density at radius 3 is 2.86 bits per heavy atom. The molecule has 1 atom stereocenters. The van der Waals surface area contributed by atoms with Crippen molar-refractivity contribution in [2.45, 2.75) is 63.2 Å². The first kappa shape index (κ1) is 14.8. The van der Waals surface area contributed by atoms with E-state index in [9.17, 15) is 0 Å². The van der Waals surface area contributed by atoms with Crippen LogP contribution < -0.4 is 10.1 Å². The second-order valence-corrected chi connectivity index (χ2v) is 6.35. The number of ether oxygens (including phenoxy) is 2. The summed E-state index contributed by atoms with van der Waals surface area (Å²) in [7, 11) is 1.92. The van der Waals surface area contributed by atoms with Gasteiger partial charge < -0.3 is 14.8 Å². The van der Waals surface area contributed by atoms with Gasteiger partial charge in [-0.3, -0.25) is 4.98 Å². The zero-order chi connectivity index (χ0) is 14.5. The van der Waals surface area contributed by atoms with Gasteiger partial charge in [-0.25, -0.2) is 0 Å². The lowest BCUT2D eigenvalue weighted by atomic mass is 9.83. The molecular weight excluding hydrogens is 264 g/mol. The van der Waals surface area contributed by atoms with Crippen molar-refractivity contribution in [3.63, 3.8) is 0 Å². The van der Waals surface area contributed by atoms with Crippen molar-refractivity contribution in [1.29, 1.82) is 0 Å². The molecule has 4 heteroatoms. The van der Waals surface area contributed by atoms with Gasteiger partial charge in [0.25, 0.3) is 0 Å². The van der Waals surface area contributed by atoms with E-state index in [-0.39, 0.29) is 11.7 Å². The summed E-state index contributed by atoms with van der Waals surface area (Å²) in [4.78, 5) is 4.37. The number of rotatable bonds is 5. The van der Waals surface area contributed by atoms with Gasteiger partial charge in [0, 0.05) is 6.54 Å². The molecule has 1 aromatic rings. The highest BCUT2D eigenvalue weighted by Gasteiger charge is 2.40. The molecule has 1 aromatic heterocycles. The molecule has 0 radical (unpaired) electrons. The van der Waals surface area contributed by atoms with Crippen LogP contribution in [-0.2, 0) is 11.3 Å². The maximum Gasteiger partial charge on any atom is 0.137 e. The first-order valence-electron chi connectivity index (χ1n) is 8.20. The maximum absolute atomic E-state index is 6.32. The molecular formula is C17H26N2O2. The van der Waals surface area contributed by atoms with Gasteiger partial charge in [0.05, 0.1) is 23.6 Å². The molecule has 21 heavy (non-hydrogen) atoms. The number of hydrogen-bond donors (Lipinski definition) is 1. The molecule has 2 fully saturated rings. The van der Waals surface area contributed by atoms with Gasteiger partial charge in [-0.05, 0) is 44.9 Å². The van der Waals surface area contributed by atoms with E-state index < -0.39 is 0 Å². The number of nitrogens with one attached hydrogen (secondary N) is 1. The van der Waals surface area contributed by atoms with Crippen LogP contribution in [0.2, 0.25) is 0 Å². The summed E-state index contributed by atoms with van der Waals surface area (Å²) in [5.41, 5.74) is 1.21. The monoisotopic (exact) mass is 290 g/mol. The molecule has 1 unspecified atom stereocenters. The van der Waals surface area contributed by atoms with Crippen LogP contribution in [0.1, 0.15) is 50.6 Å². The van der Waals surface area contributed by atoms with Gasteiger partial charge in [-0.15, -0.1) is 0 Å². The normalized spacial score (nSPS) is 24.3. The average molecular weight is 290 g/mol. The first-order chi connectivity index (χ1) is 10.3. The van der Waals surface area contributed by atoms with E-state index in [1.54, 1.807) is 6.20 Å². The van der Waals surface area contributed by atoms with Crippen LogP contribution in [0.4, 0.5) is 0 Å². The fraction of sp³-hybridized carbons (Fsp3) is 0.706. The Morgan fingerprint density at radius 1 is 1.29 bits per heavy atom. The predicted molar refractivity (Wildman–Crippen MR) is 82.4 cm³/mol. The summed E-state index contributed by atoms with van der Waals surface area (Å²) in [6, 6.07) is 4.00. The molecule has 3 rings (SSSR count). The Bertz CT molecular complexity index is 441. The standard InChI is InChI=1S/C17H26N2O2/c1-18-11-14-5-6-15(12-19-14)20-13-16-7-10-17(21-16)8-3-2-4-9-17/h5-6,12,16,18H,2-4,7-11,13H2,1H3. The van der Waals surface area contributed by atoms with Gasteiger partial charge in [-0.1, -0.05) is 19.3 Å². The van der Waals surface area contributed by atoms with Crippen LogP contribution in [0.15, 0.2) is 18.3 Å². The fourth-order valence-electron chi connectivity index (χ4n) is 3.55. The van der Waals surface area contributed by atoms with Crippen molar-refractivity contribution in [3.05, 3.63) is 24.0 Å². The van der Waals surface area contributed by atoms with Crippen LogP contribution in [0, 0.1) is 0 Å². The van der Waals surface area contributed by atoms with E-state index >= 15 is 0 Å². The summed E-state index contributed by atoms with van der Waals surface area (Å²) in [5, 5.41) is 3.09. The second-order valence-electron chi connectivity index (χ2n) is 6.35. The molecule has 1 saturated carbocycles. The summed E-state index contributed by atoms with van der Waals surface area (Å²) < 4.78 is 12.2. The van der Waals surface area contributed by atoms with E-state index in [4.69, 9.17) is 9.47 Å². The van der Waals surface area contributed by atoms with Crippen molar-refractivity contribution in [2.75, 3.05) is 13.7 Å². The van der Waals surface area contributed by atoms with Crippen molar-refractivity contribution in [3.8, 4) is 5.75 Å². The van der Waals surface area contributed by atoms with E-state index in [1.807, 2.05) is 19.2 Å². The topological polar surface area (TPSA) is 43.4 Å². The molecule has 1 N–H and O–H groups in total. The minimum absolute atomic E-state index is 0.182. The van der Waals surface area contributed by atoms with Gasteiger partial charge in [0.2, 0.25) is 0 Å². The highest BCUT2D eigenvalue weighted by atomic mass is 16.6. The van der Waals surface area contributed by atoms with Gasteiger partial charge in [0.15, 0.2) is 0 Å². The zero-order valence-electron chi connectivity index (χ0n) is 12.9. The Morgan fingerprint density at radius 2 is 2.14 bits per heavy atom. The lowest BCUT2D eigenvalue weighted by Crippen LogP contribution is -2.32. The third-order valence-corrected chi connectivity index (χ3v) is 4.69. The second kappa shape index (κ2) is 6.75. The summed E-state index contributed by atoms with van der Waals surface area (Å²) in [5.74, 6) is 0.836. The van der Waals surface area contributed by atoms with Gasteiger partial charge in [0.1, 0.15) is 12.4 Å². The molecule has 4 nitrogen and oxygen atoms in total. The zero-order valence-corrected chi connectivity index (χ0v) is 12.9. The summed E-state index contributed by atoms with van der Waals surface area (Å²) in [6.45, 7) is 1.43. The van der Waals surface area contributed by atoms with E-state index in [2.05, 4.69) is 10.3 Å². The lowest BCUT2D eigenvalue weighted by molar-refractivity contribution is -0.0748. The summed E-state index contributed by atoms with van der Waals surface area (Å²) in [6.07, 6.45) is 10.9. The fourth-order valence-corrected chi connectivity index (χ4v) is 3.55. The quantitative estimate of drug-likeness (QED) is 0.905. The number of hydrogen-bond acceptors (Lipinski definition) is 4. The van der Waals surface area contributed by atoms with Crippen molar-refractivity contribution < 1.29 is 9.47 Å². The summed E-state index contributed by atoms with van der Waals surface area (Å²) >= 11 is 0. The van der Waals surface area contributed by atoms with Crippen molar-refractivity contribution in [1.82, 2.24) is 10.3 Å². The Balaban J connectivity index is 1.47. The minimum atomic E-state index is 0.182. The van der Waals surface area contributed by atoms with Crippen LogP contribution in [0.3, 0.4) is 0 Å². The lowest BCUT2D eigenvalue weighted by Gasteiger charge is -2.33. The SMILES string of the molecule is CNCc1ccc(OCC2CCC3(CCCCC3)O2)cn1. The number of nitrogens with zero attached hydrogens (tertiary/aromatic N) is 1. The molecule has 1 aliphatic carbocycles. The van der Waals surface area contributed by atoms with Crippen LogP contribution in [0.5, 0.6) is 5.75 Å². The Labute approximate surface area is 127 Å². The molecule has 1 saturated heterocycles. The first-order valence-corrected chi connectivity index (χ1v) is 8.20. The van der Waals surface area contributed by atoms with Crippen molar-refractivity contribution >= 4 is 0 Å². The molecule has 1 spiro atoms. The van der Waals surface area contributed by atoms with Gasteiger partial charge >= 0.3 is 0 Å². The van der Waals surface area contributed by atoms with Crippen LogP contribution in [-0.4, -0.2) is 30.3 Å². The maximum atomic E-state index is 6.32. The molecule has 116 valence electrons. The highest BCUT2D eigenvalue weighted by molar-refractivity contribution is 5.19. The molecule has 0 aromatic carbocycles. The largest absolute Gasteiger partial charge is 0.489 e. The number of pyridine rings is 1. The third kappa shape index (κ3) is 3.74. The third-order valence-electron chi connectivity index (χ3n) is 4.69. The van der Waals surface area contributed by atoms with Crippen LogP contribution in [0.25, 0.3) is 0 Å². The Hall–Kier alpha value is -1.13. The molecule has 2 heterocycles. The van der Waals surface area contributed by atoms with E-state index in [1.165, 1.54) is 38.5 Å². The minimum Gasteiger partial charge on any atom is -0.489 e. The van der Waals surface area contributed by atoms with E-state index in [0.717, 1.165) is 24.4 Å². The highest BCUT2D eigenvalue weighted by Crippen LogP contribution is 2.41. The molecule has 0 bridgehead atoms. The van der Waals surface area contributed by atoms with E-state index in [0.29, 0.717) is 6.61 Å². The predicted octanol–water partition coefficient (Wildman–Crippen LogP) is 3.06.